The summed E-state index contributed by atoms with van der Waals surface area (Å²) in [5, 5.41) is 0.446. The van der Waals surface area contributed by atoms with Crippen molar-refractivity contribution in [1.29, 1.82) is 0 Å². The highest BCUT2D eigenvalue weighted by atomic mass is 35.5. The first kappa shape index (κ1) is 10.5. The molecule has 0 aliphatic carbocycles. The van der Waals surface area contributed by atoms with Crippen LogP contribution < -0.4 is 0 Å². The van der Waals surface area contributed by atoms with Crippen LogP contribution in [0.2, 0.25) is 10.0 Å². The lowest BCUT2D eigenvalue weighted by Crippen LogP contribution is -1.84. The molecule has 0 fully saturated rings. The molecule has 0 atom stereocenters. The molecule has 0 radical (unpaired) electrons. The molecule has 0 N–H and O–H groups in total. The van der Waals surface area contributed by atoms with E-state index >= 15 is 0 Å². The van der Waals surface area contributed by atoms with E-state index in [0.717, 1.165) is 5.56 Å². The maximum absolute atomic E-state index is 13.3. The number of halogens is 3. The van der Waals surface area contributed by atoms with Gasteiger partial charge in [-0.25, -0.2) is 4.39 Å². The number of hydrogen-bond acceptors (Lipinski definition) is 0. The van der Waals surface area contributed by atoms with Gasteiger partial charge in [0.05, 0.1) is 5.02 Å². The van der Waals surface area contributed by atoms with E-state index in [9.17, 15) is 4.39 Å². The van der Waals surface area contributed by atoms with E-state index in [0.29, 0.717) is 10.6 Å². The topological polar surface area (TPSA) is 0 Å². The minimum absolute atomic E-state index is 0.102. The van der Waals surface area contributed by atoms with Crippen molar-refractivity contribution >= 4 is 23.2 Å². The molecule has 0 spiro atoms. The summed E-state index contributed by atoms with van der Waals surface area (Å²) in [6, 6.07) is 12.2. The van der Waals surface area contributed by atoms with Crippen molar-refractivity contribution in [3.8, 4) is 11.1 Å². The van der Waals surface area contributed by atoms with Gasteiger partial charge in [-0.3, -0.25) is 0 Å². The zero-order valence-corrected chi connectivity index (χ0v) is 9.19. The van der Waals surface area contributed by atoms with Gasteiger partial charge in [0, 0.05) is 10.6 Å². The SMILES string of the molecule is Fc1cc(Cl)cc(-c2ccccc2)c1Cl. The van der Waals surface area contributed by atoms with E-state index in [1.165, 1.54) is 6.07 Å². The van der Waals surface area contributed by atoms with Crippen LogP contribution in [0.3, 0.4) is 0 Å². The Labute approximate surface area is 97.3 Å². The molecule has 0 aliphatic heterocycles. The zero-order valence-electron chi connectivity index (χ0n) is 7.68. The van der Waals surface area contributed by atoms with Gasteiger partial charge < -0.3 is 0 Å². The fourth-order valence-corrected chi connectivity index (χ4v) is 1.81. The molecule has 0 aliphatic rings. The predicted molar refractivity (Wildman–Crippen MR) is 61.9 cm³/mol. The van der Waals surface area contributed by atoms with Crippen LogP contribution in [0.5, 0.6) is 0 Å². The first-order chi connectivity index (χ1) is 7.18. The molecule has 0 unspecified atom stereocenters. The monoisotopic (exact) mass is 240 g/mol. The summed E-state index contributed by atoms with van der Waals surface area (Å²) in [4.78, 5) is 0. The van der Waals surface area contributed by atoms with Crippen LogP contribution in [-0.4, -0.2) is 0 Å². The predicted octanol–water partition coefficient (Wildman–Crippen LogP) is 4.80. The van der Waals surface area contributed by atoms with Gasteiger partial charge in [-0.2, -0.15) is 0 Å². The Morgan fingerprint density at radius 2 is 1.60 bits per heavy atom. The van der Waals surface area contributed by atoms with Crippen molar-refractivity contribution in [1.82, 2.24) is 0 Å². The molecule has 2 aromatic carbocycles. The van der Waals surface area contributed by atoms with E-state index in [4.69, 9.17) is 23.2 Å². The van der Waals surface area contributed by atoms with Gasteiger partial charge in [0.2, 0.25) is 0 Å². The first-order valence-corrected chi connectivity index (χ1v) is 5.14. The van der Waals surface area contributed by atoms with E-state index < -0.39 is 5.82 Å². The third-order valence-electron chi connectivity index (χ3n) is 2.08. The standard InChI is InChI=1S/C12H7Cl2F/c13-9-6-10(12(14)11(15)7-9)8-4-2-1-3-5-8/h1-7H. The van der Waals surface area contributed by atoms with Gasteiger partial charge in [0.25, 0.3) is 0 Å². The van der Waals surface area contributed by atoms with Gasteiger partial charge >= 0.3 is 0 Å². The largest absolute Gasteiger partial charge is 0.205 e. The molecule has 0 saturated heterocycles. The highest BCUT2D eigenvalue weighted by Gasteiger charge is 2.09. The van der Waals surface area contributed by atoms with Gasteiger partial charge in [0.15, 0.2) is 0 Å². The molecule has 76 valence electrons. The highest BCUT2D eigenvalue weighted by Crippen LogP contribution is 2.32. The molecule has 2 aromatic rings. The van der Waals surface area contributed by atoms with E-state index in [-0.39, 0.29) is 5.02 Å². The van der Waals surface area contributed by atoms with Crippen molar-refractivity contribution in [2.45, 2.75) is 0 Å². The lowest BCUT2D eigenvalue weighted by molar-refractivity contribution is 0.629. The molecule has 15 heavy (non-hydrogen) atoms. The van der Waals surface area contributed by atoms with Crippen molar-refractivity contribution in [3.63, 3.8) is 0 Å². The quantitative estimate of drug-likeness (QED) is 0.629. The van der Waals surface area contributed by atoms with Gasteiger partial charge in [0.1, 0.15) is 5.82 Å². The van der Waals surface area contributed by atoms with Crippen molar-refractivity contribution in [2.24, 2.45) is 0 Å². The van der Waals surface area contributed by atoms with Crippen LogP contribution in [0.1, 0.15) is 0 Å². The van der Waals surface area contributed by atoms with Crippen LogP contribution in [0.4, 0.5) is 4.39 Å². The molecular formula is C12H7Cl2F. The Hall–Kier alpha value is -1.05. The summed E-state index contributed by atoms with van der Waals surface area (Å²) in [5.74, 6) is -0.497. The summed E-state index contributed by atoms with van der Waals surface area (Å²) >= 11 is 11.6. The third-order valence-corrected chi connectivity index (χ3v) is 2.68. The second-order valence-corrected chi connectivity index (χ2v) is 3.93. The Balaban J connectivity index is 2.63. The van der Waals surface area contributed by atoms with E-state index in [1.54, 1.807) is 6.07 Å². The van der Waals surface area contributed by atoms with Crippen LogP contribution in [0, 0.1) is 5.82 Å². The lowest BCUT2D eigenvalue weighted by atomic mass is 10.1. The molecule has 0 amide bonds. The van der Waals surface area contributed by atoms with Crippen LogP contribution in [-0.2, 0) is 0 Å². The summed E-state index contributed by atoms with van der Waals surface area (Å²) < 4.78 is 13.3. The number of rotatable bonds is 1. The second-order valence-electron chi connectivity index (χ2n) is 3.12. The highest BCUT2D eigenvalue weighted by molar-refractivity contribution is 6.35. The maximum Gasteiger partial charge on any atom is 0.143 e. The normalized spacial score (nSPS) is 10.3. The fourth-order valence-electron chi connectivity index (χ4n) is 1.38. The molecular weight excluding hydrogens is 234 g/mol. The van der Waals surface area contributed by atoms with Gasteiger partial charge in [-0.15, -0.1) is 0 Å². The summed E-state index contributed by atoms with van der Waals surface area (Å²) in [7, 11) is 0. The van der Waals surface area contributed by atoms with Crippen molar-refractivity contribution in [2.75, 3.05) is 0 Å². The Bertz CT molecular complexity index is 480. The molecule has 0 nitrogen and oxygen atoms in total. The second kappa shape index (κ2) is 4.21. The Morgan fingerprint density at radius 3 is 2.27 bits per heavy atom. The summed E-state index contributed by atoms with van der Waals surface area (Å²) in [6.07, 6.45) is 0. The number of hydrogen-bond donors (Lipinski definition) is 0. The molecule has 3 heteroatoms. The molecule has 0 aromatic heterocycles. The minimum Gasteiger partial charge on any atom is -0.205 e. The van der Waals surface area contributed by atoms with Crippen LogP contribution in [0.25, 0.3) is 11.1 Å². The zero-order chi connectivity index (χ0) is 10.8. The lowest BCUT2D eigenvalue weighted by Gasteiger charge is -2.05. The fraction of sp³-hybridized carbons (Fsp3) is 0. The summed E-state index contributed by atoms with van der Waals surface area (Å²) in [6.45, 7) is 0. The smallest absolute Gasteiger partial charge is 0.143 e. The Kier molecular flexibility index (Phi) is 2.94. The summed E-state index contributed by atoms with van der Waals surface area (Å²) in [5.41, 5.74) is 1.46. The molecule has 0 heterocycles. The molecule has 0 saturated carbocycles. The van der Waals surface area contributed by atoms with E-state index in [1.807, 2.05) is 30.3 Å². The molecule has 2 rings (SSSR count). The van der Waals surface area contributed by atoms with Gasteiger partial charge in [-0.1, -0.05) is 53.5 Å². The number of benzene rings is 2. The van der Waals surface area contributed by atoms with Crippen molar-refractivity contribution in [3.05, 3.63) is 58.3 Å². The average Bonchev–Trinajstić information content (AvgIpc) is 2.24. The van der Waals surface area contributed by atoms with Crippen LogP contribution >= 0.6 is 23.2 Å². The average molecular weight is 241 g/mol. The minimum atomic E-state index is -0.497. The third kappa shape index (κ3) is 2.14. The molecule has 0 bridgehead atoms. The first-order valence-electron chi connectivity index (χ1n) is 4.38. The maximum atomic E-state index is 13.3. The van der Waals surface area contributed by atoms with Gasteiger partial charge in [-0.05, 0) is 17.7 Å². The van der Waals surface area contributed by atoms with E-state index in [2.05, 4.69) is 0 Å². The van der Waals surface area contributed by atoms with Crippen LogP contribution in [0.15, 0.2) is 42.5 Å². The Morgan fingerprint density at radius 1 is 0.933 bits per heavy atom. The van der Waals surface area contributed by atoms with Crippen molar-refractivity contribution < 1.29 is 4.39 Å².